The maximum Gasteiger partial charge on any atom is 0.175 e. The van der Waals surface area contributed by atoms with E-state index < -0.39 is 0 Å². The molecule has 0 heterocycles. The van der Waals surface area contributed by atoms with E-state index in [0.29, 0.717) is 0 Å². The molecular weight excluding hydrogens is 404 g/mol. The molecule has 0 bridgehead atoms. The summed E-state index contributed by atoms with van der Waals surface area (Å²) in [4.78, 5) is 2.62. The van der Waals surface area contributed by atoms with Crippen molar-refractivity contribution in [3.63, 3.8) is 0 Å². The zero-order valence-electron chi connectivity index (χ0n) is 17.9. The molecule has 0 atom stereocenters. The third kappa shape index (κ3) is 9.82. The molecule has 27 heavy (non-hydrogen) atoms. The van der Waals surface area contributed by atoms with Gasteiger partial charge in [0.2, 0.25) is 0 Å². The molecule has 1 aromatic carbocycles. The van der Waals surface area contributed by atoms with E-state index in [9.17, 15) is 0 Å². The van der Waals surface area contributed by atoms with Crippen molar-refractivity contribution >= 4 is 15.9 Å². The number of methoxy groups -OCH3 is 1. The third-order valence-corrected chi connectivity index (χ3v) is 5.04. The number of unbranched alkanes of at least 4 members (excludes halogenated alkanes) is 2. The van der Waals surface area contributed by atoms with Crippen LogP contribution in [-0.4, -0.2) is 44.3 Å². The molecule has 0 spiro atoms. The summed E-state index contributed by atoms with van der Waals surface area (Å²) in [5.74, 6) is 1.55. The van der Waals surface area contributed by atoms with Gasteiger partial charge in [0.15, 0.2) is 11.5 Å². The van der Waals surface area contributed by atoms with E-state index in [-0.39, 0.29) is 6.10 Å². The Hall–Kier alpha value is -0.780. The Kier molecular flexibility index (Phi) is 12.8. The molecule has 0 amide bonds. The van der Waals surface area contributed by atoms with E-state index in [1.165, 1.54) is 57.3 Å². The van der Waals surface area contributed by atoms with Crippen LogP contribution in [0, 0.1) is 0 Å². The number of nitrogens with zero attached hydrogens (tertiary/aromatic N) is 1. The first-order valence-corrected chi connectivity index (χ1v) is 11.3. The summed E-state index contributed by atoms with van der Waals surface area (Å²) in [6.07, 6.45) is 6.44. The molecule has 1 rings (SSSR count). The molecule has 4 nitrogen and oxygen atoms in total. The molecule has 0 saturated heterocycles. The second-order valence-corrected chi connectivity index (χ2v) is 8.21. The van der Waals surface area contributed by atoms with Gasteiger partial charge in [-0.15, -0.1) is 0 Å². The molecule has 0 unspecified atom stereocenters. The summed E-state index contributed by atoms with van der Waals surface area (Å²) in [5.41, 5.74) is 1.20. The number of halogens is 1. The molecule has 0 aliphatic carbocycles. The van der Waals surface area contributed by atoms with E-state index in [2.05, 4.69) is 52.1 Å². The van der Waals surface area contributed by atoms with Crippen molar-refractivity contribution in [3.05, 3.63) is 22.2 Å². The number of hydrogen-bond donors (Lipinski definition) is 1. The predicted molar refractivity (Wildman–Crippen MR) is 119 cm³/mol. The minimum absolute atomic E-state index is 0.113. The van der Waals surface area contributed by atoms with Gasteiger partial charge in [-0.2, -0.15) is 0 Å². The fourth-order valence-electron chi connectivity index (χ4n) is 2.98. The van der Waals surface area contributed by atoms with E-state index in [1.54, 1.807) is 7.11 Å². The smallest absolute Gasteiger partial charge is 0.175 e. The van der Waals surface area contributed by atoms with Gasteiger partial charge in [-0.3, -0.25) is 0 Å². The predicted octanol–water partition coefficient (Wildman–Crippen LogP) is 5.63. The lowest BCUT2D eigenvalue weighted by Gasteiger charge is -2.22. The number of ether oxygens (including phenoxy) is 2. The van der Waals surface area contributed by atoms with Gasteiger partial charge in [0.1, 0.15) is 0 Å². The topological polar surface area (TPSA) is 33.7 Å². The second-order valence-electron chi connectivity index (χ2n) is 7.35. The van der Waals surface area contributed by atoms with Gasteiger partial charge in [0, 0.05) is 6.54 Å². The van der Waals surface area contributed by atoms with Gasteiger partial charge >= 0.3 is 0 Å². The maximum atomic E-state index is 5.86. The van der Waals surface area contributed by atoms with Crippen LogP contribution in [0.1, 0.15) is 65.4 Å². The fraction of sp³-hybridized carbons (Fsp3) is 0.727. The van der Waals surface area contributed by atoms with Crippen molar-refractivity contribution < 1.29 is 9.47 Å². The molecular formula is C22H39BrN2O2. The van der Waals surface area contributed by atoms with Crippen molar-refractivity contribution in [2.24, 2.45) is 0 Å². The molecule has 1 aromatic rings. The normalized spacial score (nSPS) is 11.4. The molecule has 5 heteroatoms. The Bertz CT molecular complexity index is 515. The Morgan fingerprint density at radius 2 is 1.67 bits per heavy atom. The van der Waals surface area contributed by atoms with Crippen LogP contribution in [0.3, 0.4) is 0 Å². The van der Waals surface area contributed by atoms with Crippen molar-refractivity contribution in [2.75, 3.05) is 33.3 Å². The van der Waals surface area contributed by atoms with E-state index in [0.717, 1.165) is 29.1 Å². The average molecular weight is 443 g/mol. The van der Waals surface area contributed by atoms with Gasteiger partial charge in [-0.1, -0.05) is 26.7 Å². The minimum atomic E-state index is 0.113. The monoisotopic (exact) mass is 442 g/mol. The SMILES string of the molecule is CCCCN(CCCC)CCCNCc1cc(Br)c(OC(C)C)c(OC)c1. The first-order chi connectivity index (χ1) is 13.0. The van der Waals surface area contributed by atoms with Crippen molar-refractivity contribution in [3.8, 4) is 11.5 Å². The van der Waals surface area contributed by atoms with Crippen molar-refractivity contribution in [2.45, 2.75) is 72.4 Å². The lowest BCUT2D eigenvalue weighted by Crippen LogP contribution is -2.29. The molecule has 0 aromatic heterocycles. The van der Waals surface area contributed by atoms with Crippen molar-refractivity contribution in [1.29, 1.82) is 0 Å². The highest BCUT2D eigenvalue weighted by atomic mass is 79.9. The summed E-state index contributed by atoms with van der Waals surface area (Å²) in [6, 6.07) is 4.17. The highest BCUT2D eigenvalue weighted by Gasteiger charge is 2.13. The van der Waals surface area contributed by atoms with Gasteiger partial charge in [-0.05, 0) is 92.9 Å². The standard InChI is InChI=1S/C22H39BrN2O2/c1-6-8-12-25(13-9-7-2)14-10-11-24-17-19-15-20(23)22(27-18(3)4)21(16-19)26-5/h15-16,18,24H,6-14,17H2,1-5H3. The molecule has 0 saturated carbocycles. The van der Waals surface area contributed by atoms with E-state index in [4.69, 9.17) is 9.47 Å². The number of rotatable bonds is 15. The Morgan fingerprint density at radius 3 is 2.22 bits per heavy atom. The lowest BCUT2D eigenvalue weighted by atomic mass is 10.2. The van der Waals surface area contributed by atoms with Crippen molar-refractivity contribution in [1.82, 2.24) is 10.2 Å². The van der Waals surface area contributed by atoms with Gasteiger partial charge in [-0.25, -0.2) is 0 Å². The van der Waals surface area contributed by atoms with Crippen LogP contribution in [0.5, 0.6) is 11.5 Å². The summed E-state index contributed by atoms with van der Waals surface area (Å²) in [5, 5.41) is 3.56. The van der Waals surface area contributed by atoms with Crippen LogP contribution in [0.4, 0.5) is 0 Å². The zero-order chi connectivity index (χ0) is 20.1. The van der Waals surface area contributed by atoms with Crippen LogP contribution >= 0.6 is 15.9 Å². The van der Waals surface area contributed by atoms with Gasteiger partial charge < -0.3 is 19.7 Å². The summed E-state index contributed by atoms with van der Waals surface area (Å²) in [7, 11) is 1.69. The number of nitrogens with one attached hydrogen (secondary N) is 1. The Balaban J connectivity index is 2.45. The minimum Gasteiger partial charge on any atom is -0.493 e. The lowest BCUT2D eigenvalue weighted by molar-refractivity contribution is 0.228. The van der Waals surface area contributed by atoms with Gasteiger partial charge in [0.05, 0.1) is 17.7 Å². The summed E-state index contributed by atoms with van der Waals surface area (Å²) < 4.78 is 12.3. The summed E-state index contributed by atoms with van der Waals surface area (Å²) >= 11 is 3.62. The number of hydrogen-bond acceptors (Lipinski definition) is 4. The molecule has 1 N–H and O–H groups in total. The molecule has 0 aliphatic rings. The van der Waals surface area contributed by atoms with Gasteiger partial charge in [0.25, 0.3) is 0 Å². The van der Waals surface area contributed by atoms with Crippen LogP contribution in [0.2, 0.25) is 0 Å². The largest absolute Gasteiger partial charge is 0.493 e. The van der Waals surface area contributed by atoms with E-state index >= 15 is 0 Å². The van der Waals surface area contributed by atoms with Crippen LogP contribution < -0.4 is 14.8 Å². The maximum absolute atomic E-state index is 5.86. The molecule has 156 valence electrons. The second kappa shape index (κ2) is 14.3. The number of benzene rings is 1. The first kappa shape index (κ1) is 24.3. The zero-order valence-corrected chi connectivity index (χ0v) is 19.5. The Labute approximate surface area is 175 Å². The molecule has 0 fully saturated rings. The third-order valence-electron chi connectivity index (χ3n) is 4.46. The van der Waals surface area contributed by atoms with Crippen LogP contribution in [0.25, 0.3) is 0 Å². The average Bonchev–Trinajstić information content (AvgIpc) is 2.64. The first-order valence-electron chi connectivity index (χ1n) is 10.5. The Morgan fingerprint density at radius 1 is 1.04 bits per heavy atom. The quantitative estimate of drug-likeness (QED) is 0.357. The van der Waals surface area contributed by atoms with E-state index in [1.807, 2.05) is 13.8 Å². The fourth-order valence-corrected chi connectivity index (χ4v) is 3.57. The molecule has 0 radical (unpaired) electrons. The molecule has 0 aliphatic heterocycles. The van der Waals surface area contributed by atoms with Crippen LogP contribution in [-0.2, 0) is 6.54 Å². The van der Waals surface area contributed by atoms with Crippen LogP contribution in [0.15, 0.2) is 16.6 Å². The highest BCUT2D eigenvalue weighted by Crippen LogP contribution is 2.37. The highest BCUT2D eigenvalue weighted by molar-refractivity contribution is 9.10. The summed E-state index contributed by atoms with van der Waals surface area (Å²) in [6.45, 7) is 14.1.